The van der Waals surface area contributed by atoms with E-state index < -0.39 is 0 Å². The number of nitrogens with zero attached hydrogens (tertiary/aromatic N) is 3. The van der Waals surface area contributed by atoms with E-state index in [2.05, 4.69) is 4.98 Å². The summed E-state index contributed by atoms with van der Waals surface area (Å²) in [6.45, 7) is 6.35. The van der Waals surface area contributed by atoms with Gasteiger partial charge < -0.3 is 14.2 Å². The largest absolute Gasteiger partial charge is 0.436 e. The number of carbonyl (C=O) groups excluding carboxylic acids is 2. The molecule has 3 heterocycles. The summed E-state index contributed by atoms with van der Waals surface area (Å²) < 4.78 is 5.42. The molecule has 0 saturated carbocycles. The van der Waals surface area contributed by atoms with Gasteiger partial charge in [0.15, 0.2) is 5.89 Å². The van der Waals surface area contributed by atoms with Gasteiger partial charge in [0.2, 0.25) is 11.7 Å². The molecular weight excluding hydrogens is 294 g/mol. The molecule has 23 heavy (non-hydrogen) atoms. The van der Waals surface area contributed by atoms with Gasteiger partial charge in [-0.1, -0.05) is 12.8 Å². The van der Waals surface area contributed by atoms with Crippen molar-refractivity contribution in [2.45, 2.75) is 46.0 Å². The number of amides is 2. The Bertz CT molecular complexity index is 588. The number of hydrogen-bond acceptors (Lipinski definition) is 4. The van der Waals surface area contributed by atoms with E-state index in [-0.39, 0.29) is 17.7 Å². The minimum absolute atomic E-state index is 0.0682. The second-order valence-electron chi connectivity index (χ2n) is 6.62. The van der Waals surface area contributed by atoms with Crippen molar-refractivity contribution in [1.29, 1.82) is 0 Å². The lowest BCUT2D eigenvalue weighted by molar-refractivity contribution is -0.135. The first-order valence-corrected chi connectivity index (χ1v) is 8.58. The third-order valence-electron chi connectivity index (χ3n) is 4.84. The average Bonchev–Trinajstić information content (AvgIpc) is 3.04. The summed E-state index contributed by atoms with van der Waals surface area (Å²) in [5.74, 6) is 0.816. The van der Waals surface area contributed by atoms with Crippen LogP contribution in [0.3, 0.4) is 0 Å². The summed E-state index contributed by atoms with van der Waals surface area (Å²) in [6, 6.07) is 0. The molecule has 126 valence electrons. The van der Waals surface area contributed by atoms with Crippen LogP contribution in [-0.4, -0.2) is 52.8 Å². The number of oxazole rings is 1. The molecule has 0 spiro atoms. The minimum Gasteiger partial charge on any atom is -0.436 e. The molecule has 1 aromatic heterocycles. The van der Waals surface area contributed by atoms with E-state index in [4.69, 9.17) is 4.42 Å². The van der Waals surface area contributed by atoms with Crippen LogP contribution < -0.4 is 0 Å². The van der Waals surface area contributed by atoms with Crippen LogP contribution in [0.4, 0.5) is 0 Å². The highest BCUT2D eigenvalue weighted by Gasteiger charge is 2.35. The van der Waals surface area contributed by atoms with E-state index in [1.807, 2.05) is 4.90 Å². The number of rotatable bonds is 2. The first-order chi connectivity index (χ1) is 11.1. The fourth-order valence-corrected chi connectivity index (χ4v) is 3.57. The molecule has 2 aliphatic heterocycles. The SMILES string of the molecule is Cc1nc(C)c(C(=O)N2CC[C@H](C(=O)N3CCCCCC3)C2)o1. The van der Waals surface area contributed by atoms with E-state index in [1.54, 1.807) is 18.7 Å². The Morgan fingerprint density at radius 3 is 2.35 bits per heavy atom. The van der Waals surface area contributed by atoms with E-state index in [0.29, 0.717) is 30.4 Å². The van der Waals surface area contributed by atoms with Crippen molar-refractivity contribution in [1.82, 2.24) is 14.8 Å². The highest BCUT2D eigenvalue weighted by atomic mass is 16.4. The molecule has 1 aromatic rings. The van der Waals surface area contributed by atoms with Crippen molar-refractivity contribution in [2.24, 2.45) is 5.92 Å². The Morgan fingerprint density at radius 2 is 1.74 bits per heavy atom. The van der Waals surface area contributed by atoms with Crippen LogP contribution in [0.25, 0.3) is 0 Å². The summed E-state index contributed by atoms with van der Waals surface area (Å²) in [6.07, 6.45) is 5.36. The van der Waals surface area contributed by atoms with Crippen LogP contribution in [-0.2, 0) is 4.79 Å². The van der Waals surface area contributed by atoms with Crippen molar-refractivity contribution < 1.29 is 14.0 Å². The van der Waals surface area contributed by atoms with E-state index in [1.165, 1.54) is 12.8 Å². The number of carbonyl (C=O) groups is 2. The van der Waals surface area contributed by atoms with Crippen LogP contribution in [0.5, 0.6) is 0 Å². The van der Waals surface area contributed by atoms with Crippen LogP contribution in [0.15, 0.2) is 4.42 Å². The third kappa shape index (κ3) is 3.41. The Morgan fingerprint density at radius 1 is 1.04 bits per heavy atom. The van der Waals surface area contributed by atoms with Gasteiger partial charge in [-0.05, 0) is 26.2 Å². The van der Waals surface area contributed by atoms with Crippen molar-refractivity contribution in [3.8, 4) is 0 Å². The zero-order valence-corrected chi connectivity index (χ0v) is 14.0. The molecule has 2 aliphatic rings. The standard InChI is InChI=1S/C17H25N3O3/c1-12-15(23-13(2)18-12)17(22)20-10-7-14(11-20)16(21)19-8-5-3-4-6-9-19/h14H,3-11H2,1-2H3/t14-/m0/s1. The average molecular weight is 319 g/mol. The smallest absolute Gasteiger partial charge is 0.291 e. The van der Waals surface area contributed by atoms with E-state index in [9.17, 15) is 9.59 Å². The molecule has 0 bridgehead atoms. The van der Waals surface area contributed by atoms with Crippen LogP contribution in [0.1, 0.15) is 54.2 Å². The summed E-state index contributed by atoms with van der Waals surface area (Å²) >= 11 is 0. The second-order valence-corrected chi connectivity index (χ2v) is 6.62. The highest BCUT2D eigenvalue weighted by molar-refractivity contribution is 5.93. The molecule has 1 atom stereocenters. The zero-order chi connectivity index (χ0) is 16.4. The Balaban J connectivity index is 1.62. The van der Waals surface area contributed by atoms with Crippen LogP contribution in [0.2, 0.25) is 0 Å². The van der Waals surface area contributed by atoms with Crippen LogP contribution >= 0.6 is 0 Å². The molecule has 2 amide bonds. The maximum atomic E-state index is 12.7. The predicted molar refractivity (Wildman–Crippen MR) is 85.0 cm³/mol. The minimum atomic E-state index is -0.144. The number of aryl methyl sites for hydroxylation is 2. The lowest BCUT2D eigenvalue weighted by Gasteiger charge is -2.24. The molecule has 2 saturated heterocycles. The summed E-state index contributed by atoms with van der Waals surface area (Å²) in [7, 11) is 0. The van der Waals surface area contributed by atoms with Gasteiger partial charge in [-0.15, -0.1) is 0 Å². The van der Waals surface area contributed by atoms with Gasteiger partial charge in [-0.3, -0.25) is 9.59 Å². The topological polar surface area (TPSA) is 66.7 Å². The number of aromatic nitrogens is 1. The maximum Gasteiger partial charge on any atom is 0.291 e. The molecule has 3 rings (SSSR count). The van der Waals surface area contributed by atoms with Crippen molar-refractivity contribution >= 4 is 11.8 Å². The van der Waals surface area contributed by atoms with Gasteiger partial charge in [0.25, 0.3) is 5.91 Å². The molecule has 2 fully saturated rings. The maximum absolute atomic E-state index is 12.7. The Labute approximate surface area is 136 Å². The van der Waals surface area contributed by atoms with Gasteiger partial charge in [-0.2, -0.15) is 0 Å². The van der Waals surface area contributed by atoms with Gasteiger partial charge in [0, 0.05) is 33.1 Å². The van der Waals surface area contributed by atoms with Gasteiger partial charge >= 0.3 is 0 Å². The quantitative estimate of drug-likeness (QED) is 0.838. The zero-order valence-electron chi connectivity index (χ0n) is 14.0. The Kier molecular flexibility index (Phi) is 4.68. The first kappa shape index (κ1) is 16.0. The molecule has 0 aliphatic carbocycles. The molecule has 6 nitrogen and oxygen atoms in total. The lowest BCUT2D eigenvalue weighted by atomic mass is 10.1. The summed E-state index contributed by atoms with van der Waals surface area (Å²) in [5, 5.41) is 0. The third-order valence-corrected chi connectivity index (χ3v) is 4.84. The van der Waals surface area contributed by atoms with Gasteiger partial charge in [-0.25, -0.2) is 4.98 Å². The molecule has 0 N–H and O–H groups in total. The van der Waals surface area contributed by atoms with Crippen molar-refractivity contribution in [3.63, 3.8) is 0 Å². The molecule has 6 heteroatoms. The first-order valence-electron chi connectivity index (χ1n) is 8.58. The van der Waals surface area contributed by atoms with Gasteiger partial charge in [0.1, 0.15) is 0 Å². The van der Waals surface area contributed by atoms with Crippen molar-refractivity contribution in [3.05, 3.63) is 17.3 Å². The van der Waals surface area contributed by atoms with Crippen molar-refractivity contribution in [2.75, 3.05) is 26.2 Å². The number of hydrogen-bond donors (Lipinski definition) is 0. The monoisotopic (exact) mass is 319 g/mol. The highest BCUT2D eigenvalue weighted by Crippen LogP contribution is 2.23. The number of likely N-dealkylation sites (tertiary alicyclic amines) is 2. The molecule has 0 radical (unpaired) electrons. The predicted octanol–water partition coefficient (Wildman–Crippen LogP) is 2.16. The van der Waals surface area contributed by atoms with Crippen LogP contribution in [0, 0.1) is 19.8 Å². The molecule has 0 unspecified atom stereocenters. The fraction of sp³-hybridized carbons (Fsp3) is 0.706. The van der Waals surface area contributed by atoms with E-state index in [0.717, 1.165) is 32.4 Å². The summed E-state index contributed by atoms with van der Waals surface area (Å²) in [5.41, 5.74) is 0.620. The van der Waals surface area contributed by atoms with E-state index >= 15 is 0 Å². The van der Waals surface area contributed by atoms with Gasteiger partial charge in [0.05, 0.1) is 11.6 Å². The lowest BCUT2D eigenvalue weighted by Crippen LogP contribution is -2.38. The molecule has 0 aromatic carbocycles. The molecular formula is C17H25N3O3. The second kappa shape index (κ2) is 6.72. The Hall–Kier alpha value is -1.85. The fourth-order valence-electron chi connectivity index (χ4n) is 3.57. The summed E-state index contributed by atoms with van der Waals surface area (Å²) in [4.78, 5) is 33.1. The normalized spacial score (nSPS) is 22.3.